The van der Waals surface area contributed by atoms with Crippen molar-refractivity contribution in [1.82, 2.24) is 4.90 Å². The third-order valence-electron chi connectivity index (χ3n) is 3.41. The van der Waals surface area contributed by atoms with E-state index in [1.54, 1.807) is 41.5 Å². The molecule has 6 heteroatoms. The number of nitrogens with zero attached hydrogens (tertiary/aromatic N) is 1. The molecule has 0 aromatic heterocycles. The predicted molar refractivity (Wildman–Crippen MR) is 76.7 cm³/mol. The molecule has 6 nitrogen and oxygen atoms in total. The smallest absolute Gasteiger partial charge is 0.410 e. The van der Waals surface area contributed by atoms with E-state index in [1.165, 1.54) is 4.90 Å². The monoisotopic (exact) mass is 299 g/mol. The van der Waals surface area contributed by atoms with Gasteiger partial charge in [0.15, 0.2) is 5.78 Å². The minimum absolute atomic E-state index is 0.236. The van der Waals surface area contributed by atoms with Crippen LogP contribution in [0.4, 0.5) is 4.79 Å². The Balaban J connectivity index is 2.86. The topological polar surface area (TPSA) is 72.9 Å². The molecule has 3 atom stereocenters. The van der Waals surface area contributed by atoms with Crippen LogP contribution < -0.4 is 0 Å². The van der Waals surface area contributed by atoms with Crippen LogP contribution in [0.2, 0.25) is 0 Å². The Labute approximate surface area is 125 Å². The van der Waals surface area contributed by atoms with Crippen LogP contribution in [-0.4, -0.2) is 47.5 Å². The second-order valence-corrected chi connectivity index (χ2v) is 6.42. The highest BCUT2D eigenvalue weighted by atomic mass is 16.6. The average molecular weight is 299 g/mol. The fourth-order valence-electron chi connectivity index (χ4n) is 2.40. The molecule has 2 unspecified atom stereocenters. The van der Waals surface area contributed by atoms with E-state index in [4.69, 9.17) is 9.47 Å². The SMILES string of the molecule is CCOC(=O)C1C(=O)[C@@H](C)N(C(=O)OC(C)(C)C)CC1C. The molecule has 0 aromatic rings. The van der Waals surface area contributed by atoms with Gasteiger partial charge in [0.2, 0.25) is 0 Å². The lowest BCUT2D eigenvalue weighted by Gasteiger charge is -2.39. The number of likely N-dealkylation sites (tertiary alicyclic amines) is 1. The summed E-state index contributed by atoms with van der Waals surface area (Å²) in [5, 5.41) is 0. The normalized spacial score (nSPS) is 26.5. The molecule has 0 aromatic carbocycles. The second kappa shape index (κ2) is 6.45. The summed E-state index contributed by atoms with van der Waals surface area (Å²) < 4.78 is 10.3. The lowest BCUT2D eigenvalue weighted by atomic mass is 9.82. The first kappa shape index (κ1) is 17.5. The lowest BCUT2D eigenvalue weighted by molar-refractivity contribution is -0.158. The molecule has 1 heterocycles. The number of piperidine rings is 1. The summed E-state index contributed by atoms with van der Waals surface area (Å²) >= 11 is 0. The zero-order chi connectivity index (χ0) is 16.4. The van der Waals surface area contributed by atoms with Crippen LogP contribution in [0.5, 0.6) is 0 Å². The number of hydrogen-bond acceptors (Lipinski definition) is 5. The first-order valence-corrected chi connectivity index (χ1v) is 7.28. The van der Waals surface area contributed by atoms with Gasteiger partial charge in [-0.2, -0.15) is 0 Å². The summed E-state index contributed by atoms with van der Waals surface area (Å²) in [6, 6.07) is -0.689. The van der Waals surface area contributed by atoms with E-state index >= 15 is 0 Å². The van der Waals surface area contributed by atoms with Gasteiger partial charge in [0.1, 0.15) is 11.5 Å². The summed E-state index contributed by atoms with van der Waals surface area (Å²) in [5.41, 5.74) is -0.624. The van der Waals surface area contributed by atoms with Gasteiger partial charge in [0, 0.05) is 6.54 Å². The first-order chi connectivity index (χ1) is 9.58. The maximum Gasteiger partial charge on any atom is 0.410 e. The molecule has 0 radical (unpaired) electrons. The quantitative estimate of drug-likeness (QED) is 0.576. The van der Waals surface area contributed by atoms with E-state index in [0.29, 0.717) is 6.54 Å². The molecule has 0 bridgehead atoms. The molecular weight excluding hydrogens is 274 g/mol. The van der Waals surface area contributed by atoms with Crippen molar-refractivity contribution < 1.29 is 23.9 Å². The van der Waals surface area contributed by atoms with Gasteiger partial charge in [-0.05, 0) is 40.5 Å². The Bertz CT molecular complexity index is 426. The van der Waals surface area contributed by atoms with Gasteiger partial charge in [-0.3, -0.25) is 14.5 Å². The van der Waals surface area contributed by atoms with Gasteiger partial charge in [-0.1, -0.05) is 6.92 Å². The van der Waals surface area contributed by atoms with Crippen molar-refractivity contribution in [1.29, 1.82) is 0 Å². The lowest BCUT2D eigenvalue weighted by Crippen LogP contribution is -2.57. The summed E-state index contributed by atoms with van der Waals surface area (Å²) in [5.74, 6) is -1.90. The zero-order valence-electron chi connectivity index (χ0n) is 13.6. The molecule has 0 aliphatic carbocycles. The molecule has 0 saturated carbocycles. The van der Waals surface area contributed by atoms with Crippen LogP contribution in [0.15, 0.2) is 0 Å². The molecule has 1 aliphatic heterocycles. The molecule has 1 saturated heterocycles. The van der Waals surface area contributed by atoms with E-state index in [1.807, 2.05) is 0 Å². The molecule has 0 spiro atoms. The molecule has 0 N–H and O–H groups in total. The number of amides is 1. The number of Topliss-reactive ketones (excluding diaryl/α,β-unsaturated/α-hetero) is 1. The Morgan fingerprint density at radius 3 is 2.33 bits per heavy atom. The number of carbonyl (C=O) groups is 3. The minimum Gasteiger partial charge on any atom is -0.465 e. The summed E-state index contributed by atoms with van der Waals surface area (Å²) in [6.07, 6.45) is -0.530. The average Bonchev–Trinajstić information content (AvgIpc) is 2.32. The van der Waals surface area contributed by atoms with Crippen molar-refractivity contribution in [2.45, 2.75) is 53.2 Å². The molecule has 120 valence electrons. The highest BCUT2D eigenvalue weighted by Gasteiger charge is 2.45. The fraction of sp³-hybridized carbons (Fsp3) is 0.800. The van der Waals surface area contributed by atoms with Gasteiger partial charge in [-0.25, -0.2) is 4.79 Å². The van der Waals surface area contributed by atoms with Gasteiger partial charge in [0.05, 0.1) is 12.6 Å². The van der Waals surface area contributed by atoms with Gasteiger partial charge in [0.25, 0.3) is 0 Å². The van der Waals surface area contributed by atoms with Crippen LogP contribution in [0.3, 0.4) is 0 Å². The standard InChI is InChI=1S/C15H25NO5/c1-7-20-13(18)11-9(2)8-16(10(3)12(11)17)14(19)21-15(4,5)6/h9-11H,7-8H2,1-6H3/t9?,10-,11?/m1/s1. The highest BCUT2D eigenvalue weighted by Crippen LogP contribution is 2.27. The van der Waals surface area contributed by atoms with E-state index in [9.17, 15) is 14.4 Å². The largest absolute Gasteiger partial charge is 0.465 e. The summed E-state index contributed by atoms with van der Waals surface area (Å²) in [4.78, 5) is 37.8. The van der Waals surface area contributed by atoms with E-state index in [0.717, 1.165) is 0 Å². The Morgan fingerprint density at radius 1 is 1.29 bits per heavy atom. The van der Waals surface area contributed by atoms with E-state index in [-0.39, 0.29) is 18.3 Å². The molecule has 1 aliphatic rings. The van der Waals surface area contributed by atoms with Crippen molar-refractivity contribution in [2.24, 2.45) is 11.8 Å². The number of ketones is 1. The van der Waals surface area contributed by atoms with Crippen molar-refractivity contribution >= 4 is 17.8 Å². The minimum atomic E-state index is -0.807. The van der Waals surface area contributed by atoms with Gasteiger partial charge in [-0.15, -0.1) is 0 Å². The van der Waals surface area contributed by atoms with E-state index < -0.39 is 29.6 Å². The molecule has 1 fully saturated rings. The second-order valence-electron chi connectivity index (χ2n) is 6.42. The molecular formula is C15H25NO5. The van der Waals surface area contributed by atoms with Crippen molar-refractivity contribution in [2.75, 3.05) is 13.2 Å². The van der Waals surface area contributed by atoms with Gasteiger partial charge >= 0.3 is 12.1 Å². The van der Waals surface area contributed by atoms with E-state index in [2.05, 4.69) is 0 Å². The fourth-order valence-corrected chi connectivity index (χ4v) is 2.40. The van der Waals surface area contributed by atoms with Crippen molar-refractivity contribution in [3.63, 3.8) is 0 Å². The van der Waals surface area contributed by atoms with Crippen molar-refractivity contribution in [3.8, 4) is 0 Å². The third-order valence-corrected chi connectivity index (χ3v) is 3.41. The predicted octanol–water partition coefficient (Wildman–Crippen LogP) is 2.01. The summed E-state index contributed by atoms with van der Waals surface area (Å²) in [6.45, 7) is 10.9. The number of carbonyl (C=O) groups excluding carboxylic acids is 3. The number of rotatable bonds is 2. The van der Waals surface area contributed by atoms with Crippen LogP contribution in [0, 0.1) is 11.8 Å². The van der Waals surface area contributed by atoms with Crippen LogP contribution >= 0.6 is 0 Å². The first-order valence-electron chi connectivity index (χ1n) is 7.28. The number of hydrogen-bond donors (Lipinski definition) is 0. The number of ether oxygens (including phenoxy) is 2. The van der Waals surface area contributed by atoms with Crippen molar-refractivity contribution in [3.05, 3.63) is 0 Å². The summed E-state index contributed by atoms with van der Waals surface area (Å²) in [7, 11) is 0. The third kappa shape index (κ3) is 4.19. The maximum absolute atomic E-state index is 12.4. The Hall–Kier alpha value is -1.59. The number of esters is 1. The van der Waals surface area contributed by atoms with Crippen LogP contribution in [0.1, 0.15) is 41.5 Å². The highest BCUT2D eigenvalue weighted by molar-refractivity contribution is 6.03. The molecule has 21 heavy (non-hydrogen) atoms. The molecule has 1 amide bonds. The maximum atomic E-state index is 12.4. The van der Waals surface area contributed by atoms with Crippen LogP contribution in [0.25, 0.3) is 0 Å². The molecule has 1 rings (SSSR count). The van der Waals surface area contributed by atoms with Crippen LogP contribution in [-0.2, 0) is 19.1 Å². The zero-order valence-corrected chi connectivity index (χ0v) is 13.6. The van der Waals surface area contributed by atoms with Gasteiger partial charge < -0.3 is 9.47 Å². The Morgan fingerprint density at radius 2 is 1.86 bits per heavy atom. The Kier molecular flexibility index (Phi) is 5.36.